The molecule has 0 spiro atoms. The van der Waals surface area contributed by atoms with Crippen LogP contribution < -0.4 is 0 Å². The quantitative estimate of drug-likeness (QED) is 0.192. The Kier molecular flexibility index (Phi) is 7.64. The van der Waals surface area contributed by atoms with E-state index in [1.807, 2.05) is 60.7 Å². The highest BCUT2D eigenvalue weighted by molar-refractivity contribution is 6.74. The number of benzene rings is 3. The Morgan fingerprint density at radius 1 is 0.778 bits per heavy atom. The van der Waals surface area contributed by atoms with Gasteiger partial charge in [-0.25, -0.2) is 4.79 Å². The van der Waals surface area contributed by atoms with Gasteiger partial charge in [-0.1, -0.05) is 112 Å². The Hall–Kier alpha value is -2.99. The molecule has 0 unspecified atom stereocenters. The van der Waals surface area contributed by atoms with Gasteiger partial charge < -0.3 is 13.9 Å². The summed E-state index contributed by atoms with van der Waals surface area (Å²) in [6.45, 7) is 11.2. The van der Waals surface area contributed by atoms with E-state index < -0.39 is 20.0 Å². The zero-order valence-corrected chi connectivity index (χ0v) is 22.8. The van der Waals surface area contributed by atoms with E-state index in [1.165, 1.54) is 6.08 Å². The van der Waals surface area contributed by atoms with Crippen molar-refractivity contribution in [2.75, 3.05) is 6.61 Å². The van der Waals surface area contributed by atoms with Gasteiger partial charge >= 0.3 is 5.97 Å². The van der Waals surface area contributed by atoms with Crippen LogP contribution in [0.4, 0.5) is 0 Å². The molecule has 0 saturated carbocycles. The maximum absolute atomic E-state index is 12.3. The minimum Gasteiger partial charge on any atom is -0.454 e. The van der Waals surface area contributed by atoms with Crippen molar-refractivity contribution in [1.82, 2.24) is 0 Å². The molecule has 188 valence electrons. The summed E-state index contributed by atoms with van der Waals surface area (Å²) in [5.41, 5.74) is 2.12. The van der Waals surface area contributed by atoms with E-state index in [0.29, 0.717) is 0 Å². The van der Waals surface area contributed by atoms with Crippen LogP contribution in [-0.2, 0) is 24.3 Å². The van der Waals surface area contributed by atoms with E-state index in [4.69, 9.17) is 13.9 Å². The summed E-state index contributed by atoms with van der Waals surface area (Å²) in [4.78, 5) is 12.3. The third kappa shape index (κ3) is 5.38. The molecule has 0 aliphatic carbocycles. The largest absolute Gasteiger partial charge is 0.454 e. The van der Waals surface area contributed by atoms with Gasteiger partial charge in [-0.2, -0.15) is 0 Å². The molecular formula is C31H36O4Si. The normalized spacial score (nSPS) is 18.6. The number of hydrogen-bond donors (Lipinski definition) is 0. The predicted octanol–water partition coefficient (Wildman–Crippen LogP) is 6.87. The summed E-state index contributed by atoms with van der Waals surface area (Å²) in [5.74, 6) is -0.372. The van der Waals surface area contributed by atoms with Crippen LogP contribution in [0.25, 0.3) is 0 Å². The van der Waals surface area contributed by atoms with Crippen LogP contribution in [-0.4, -0.2) is 33.1 Å². The minimum absolute atomic E-state index is 0.0234. The summed E-state index contributed by atoms with van der Waals surface area (Å²) in [7, 11) is -2.12. The Balaban J connectivity index is 1.75. The van der Waals surface area contributed by atoms with Crippen LogP contribution in [0, 0.1) is 0 Å². The number of cyclic esters (lactones) is 1. The third-order valence-electron chi connectivity index (χ3n) is 7.30. The first-order chi connectivity index (χ1) is 17.1. The molecule has 1 aliphatic rings. The lowest BCUT2D eigenvalue weighted by Crippen LogP contribution is -2.50. The second-order valence-electron chi connectivity index (χ2n) is 10.8. The van der Waals surface area contributed by atoms with E-state index in [1.54, 1.807) is 0 Å². The van der Waals surface area contributed by atoms with Crippen molar-refractivity contribution in [2.24, 2.45) is 0 Å². The van der Waals surface area contributed by atoms with Gasteiger partial charge in [0.1, 0.15) is 11.7 Å². The molecule has 1 heterocycles. The molecule has 0 amide bonds. The topological polar surface area (TPSA) is 44.8 Å². The highest BCUT2D eigenvalue weighted by atomic mass is 28.4. The summed E-state index contributed by atoms with van der Waals surface area (Å²) in [5, 5.41) is 0.0234. The summed E-state index contributed by atoms with van der Waals surface area (Å²) in [6.07, 6.45) is 2.36. The molecule has 1 aliphatic heterocycles. The number of esters is 1. The van der Waals surface area contributed by atoms with Crippen LogP contribution in [0.15, 0.2) is 103 Å². The van der Waals surface area contributed by atoms with Gasteiger partial charge in [0, 0.05) is 6.08 Å². The van der Waals surface area contributed by atoms with Gasteiger partial charge in [-0.15, -0.1) is 0 Å². The molecule has 2 atom stereocenters. The van der Waals surface area contributed by atoms with Crippen LogP contribution in [0.2, 0.25) is 18.1 Å². The highest BCUT2D eigenvalue weighted by Gasteiger charge is 2.44. The average molecular weight is 501 g/mol. The molecular weight excluding hydrogens is 464 g/mol. The molecule has 3 aromatic rings. The van der Waals surface area contributed by atoms with Crippen molar-refractivity contribution in [3.05, 3.63) is 120 Å². The Labute approximate surface area is 216 Å². The van der Waals surface area contributed by atoms with Crippen molar-refractivity contribution in [3.63, 3.8) is 0 Å². The maximum Gasteiger partial charge on any atom is 0.330 e. The number of carbonyl (C=O) groups is 1. The van der Waals surface area contributed by atoms with E-state index in [-0.39, 0.29) is 23.7 Å². The molecule has 0 fully saturated rings. The zero-order chi connectivity index (χ0) is 25.8. The molecule has 0 bridgehead atoms. The molecule has 4 rings (SSSR count). The van der Waals surface area contributed by atoms with Gasteiger partial charge in [0.25, 0.3) is 0 Å². The van der Waals surface area contributed by atoms with Crippen molar-refractivity contribution in [1.29, 1.82) is 0 Å². The van der Waals surface area contributed by atoms with Gasteiger partial charge in [0.05, 0.1) is 6.61 Å². The highest BCUT2D eigenvalue weighted by Crippen LogP contribution is 2.42. The van der Waals surface area contributed by atoms with Gasteiger partial charge in [-0.3, -0.25) is 0 Å². The molecule has 0 aromatic heterocycles. The van der Waals surface area contributed by atoms with Gasteiger partial charge in [0.2, 0.25) is 0 Å². The lowest BCUT2D eigenvalue weighted by Gasteiger charge is -2.42. The van der Waals surface area contributed by atoms with Crippen molar-refractivity contribution >= 4 is 14.3 Å². The van der Waals surface area contributed by atoms with E-state index in [2.05, 4.69) is 70.3 Å². The summed E-state index contributed by atoms with van der Waals surface area (Å²) < 4.78 is 19.4. The SMILES string of the molecule is CC(C)(C)[Si](C)(C)O[C@@H]1C=CC(=O)O[C@@H]1COC(c1ccccc1)(c1ccccc1)c1ccccc1. The van der Waals surface area contributed by atoms with Crippen LogP contribution >= 0.6 is 0 Å². The van der Waals surface area contributed by atoms with Crippen molar-refractivity contribution in [3.8, 4) is 0 Å². The smallest absolute Gasteiger partial charge is 0.330 e. The Bertz CT molecular complexity index is 1070. The first kappa shape index (κ1) is 26.1. The molecule has 3 aromatic carbocycles. The second kappa shape index (κ2) is 10.6. The Morgan fingerprint density at radius 3 is 1.64 bits per heavy atom. The van der Waals surface area contributed by atoms with Crippen LogP contribution in [0.3, 0.4) is 0 Å². The molecule has 5 heteroatoms. The zero-order valence-electron chi connectivity index (χ0n) is 21.8. The van der Waals surface area contributed by atoms with E-state index in [9.17, 15) is 4.79 Å². The lowest BCUT2D eigenvalue weighted by molar-refractivity contribution is -0.157. The fourth-order valence-electron chi connectivity index (χ4n) is 4.29. The average Bonchev–Trinajstić information content (AvgIpc) is 2.87. The number of hydrogen-bond acceptors (Lipinski definition) is 4. The first-order valence-electron chi connectivity index (χ1n) is 12.5. The van der Waals surface area contributed by atoms with Crippen molar-refractivity contribution < 1.29 is 18.7 Å². The monoisotopic (exact) mass is 500 g/mol. The van der Waals surface area contributed by atoms with E-state index in [0.717, 1.165) is 16.7 Å². The second-order valence-corrected chi connectivity index (χ2v) is 15.5. The fourth-order valence-corrected chi connectivity index (χ4v) is 5.55. The van der Waals surface area contributed by atoms with Crippen LogP contribution in [0.5, 0.6) is 0 Å². The summed E-state index contributed by atoms with van der Waals surface area (Å²) >= 11 is 0. The van der Waals surface area contributed by atoms with Crippen molar-refractivity contribution in [2.45, 2.75) is 56.7 Å². The number of ether oxygens (including phenoxy) is 2. The maximum atomic E-state index is 12.3. The number of rotatable bonds is 8. The van der Waals surface area contributed by atoms with Crippen LogP contribution in [0.1, 0.15) is 37.5 Å². The van der Waals surface area contributed by atoms with Gasteiger partial charge in [0.15, 0.2) is 14.4 Å². The molecule has 4 nitrogen and oxygen atoms in total. The lowest BCUT2D eigenvalue weighted by atomic mass is 9.80. The first-order valence-corrected chi connectivity index (χ1v) is 15.4. The minimum atomic E-state index is -2.12. The Morgan fingerprint density at radius 2 is 1.22 bits per heavy atom. The molecule has 36 heavy (non-hydrogen) atoms. The third-order valence-corrected chi connectivity index (χ3v) is 11.8. The van der Waals surface area contributed by atoms with E-state index >= 15 is 0 Å². The molecule has 0 radical (unpaired) electrons. The predicted molar refractivity (Wildman–Crippen MR) is 146 cm³/mol. The van der Waals surface area contributed by atoms with Gasteiger partial charge in [-0.05, 0) is 40.9 Å². The standard InChI is InChI=1S/C31H36O4Si/c1-30(2,3)36(4,5)35-27-21-22-29(32)34-28(27)23-33-31(24-15-9-6-10-16-24,25-17-11-7-12-18-25)26-19-13-8-14-20-26/h6-22,27-28H,23H2,1-5H3/t27-,28-/m1/s1. The number of carbonyl (C=O) groups excluding carboxylic acids is 1. The molecule has 0 saturated heterocycles. The fraction of sp³-hybridized carbons (Fsp3) is 0.323. The summed E-state index contributed by atoms with van der Waals surface area (Å²) in [6, 6.07) is 30.6. The molecule has 0 N–H and O–H groups in total.